The van der Waals surface area contributed by atoms with E-state index in [0.29, 0.717) is 17.1 Å². The first-order chi connectivity index (χ1) is 12.0. The molecule has 0 radical (unpaired) electrons. The van der Waals surface area contributed by atoms with Crippen LogP contribution in [-0.4, -0.2) is 30.9 Å². The Morgan fingerprint density at radius 3 is 2.52 bits per heavy atom. The SMILES string of the molecule is CN(C(=O)C1CCN(Cc2ccc(Cl)cc2F)CC1)c1ccccc1. The van der Waals surface area contributed by atoms with Crippen LogP contribution >= 0.6 is 11.6 Å². The van der Waals surface area contributed by atoms with Crippen LogP contribution in [0.3, 0.4) is 0 Å². The van der Waals surface area contributed by atoms with Crippen LogP contribution in [-0.2, 0) is 11.3 Å². The largest absolute Gasteiger partial charge is 0.315 e. The number of hydrogen-bond donors (Lipinski definition) is 0. The number of amides is 1. The number of para-hydroxylation sites is 1. The Kier molecular flexibility index (Phi) is 5.71. The monoisotopic (exact) mass is 360 g/mol. The standard InChI is InChI=1S/C20H22ClFN2O/c1-23(18-5-3-2-4-6-18)20(25)15-9-11-24(12-10-15)14-16-7-8-17(21)13-19(16)22/h2-8,13,15H,9-12,14H2,1H3. The molecule has 3 nitrogen and oxygen atoms in total. The molecule has 3 rings (SSSR count). The average Bonchev–Trinajstić information content (AvgIpc) is 2.64. The third-order valence-corrected chi connectivity index (χ3v) is 5.06. The molecule has 0 bridgehead atoms. The highest BCUT2D eigenvalue weighted by Gasteiger charge is 2.28. The maximum absolute atomic E-state index is 13.9. The molecule has 1 aliphatic rings. The number of benzene rings is 2. The number of rotatable bonds is 4. The summed E-state index contributed by atoms with van der Waals surface area (Å²) >= 11 is 5.80. The summed E-state index contributed by atoms with van der Waals surface area (Å²) in [4.78, 5) is 16.6. The van der Waals surface area contributed by atoms with Crippen molar-refractivity contribution in [3.8, 4) is 0 Å². The van der Waals surface area contributed by atoms with Crippen molar-refractivity contribution >= 4 is 23.2 Å². The Labute approximate surface area is 153 Å². The second kappa shape index (κ2) is 7.98. The number of piperidine rings is 1. The fourth-order valence-corrected chi connectivity index (χ4v) is 3.44. The highest BCUT2D eigenvalue weighted by Crippen LogP contribution is 2.24. The fraction of sp³-hybridized carbons (Fsp3) is 0.350. The summed E-state index contributed by atoms with van der Waals surface area (Å²) in [5.74, 6) is -0.0884. The van der Waals surface area contributed by atoms with Gasteiger partial charge in [-0.1, -0.05) is 35.9 Å². The number of carbonyl (C=O) groups is 1. The lowest BCUT2D eigenvalue weighted by Gasteiger charge is -2.33. The van der Waals surface area contributed by atoms with E-state index in [9.17, 15) is 9.18 Å². The number of halogens is 2. The summed E-state index contributed by atoms with van der Waals surface area (Å²) in [5.41, 5.74) is 1.56. The third-order valence-electron chi connectivity index (χ3n) is 4.82. The molecule has 1 amide bonds. The van der Waals surface area contributed by atoms with Gasteiger partial charge in [-0.2, -0.15) is 0 Å². The molecule has 132 valence electrons. The number of nitrogens with zero attached hydrogens (tertiary/aromatic N) is 2. The Bertz CT molecular complexity index is 730. The van der Waals surface area contributed by atoms with Crippen LogP contribution in [0.15, 0.2) is 48.5 Å². The molecule has 0 atom stereocenters. The van der Waals surface area contributed by atoms with Crippen LogP contribution < -0.4 is 4.90 Å². The molecule has 1 aliphatic heterocycles. The summed E-state index contributed by atoms with van der Waals surface area (Å²) < 4.78 is 13.9. The first-order valence-corrected chi connectivity index (χ1v) is 8.91. The first kappa shape index (κ1) is 17.9. The summed E-state index contributed by atoms with van der Waals surface area (Å²) in [5, 5.41) is 0.412. The highest BCUT2D eigenvalue weighted by molar-refractivity contribution is 6.30. The van der Waals surface area contributed by atoms with Crippen LogP contribution in [0.25, 0.3) is 0 Å². The van der Waals surface area contributed by atoms with Crippen molar-refractivity contribution in [1.29, 1.82) is 0 Å². The maximum atomic E-state index is 13.9. The first-order valence-electron chi connectivity index (χ1n) is 8.53. The van der Waals surface area contributed by atoms with Gasteiger partial charge < -0.3 is 4.90 Å². The molecule has 1 saturated heterocycles. The lowest BCUT2D eigenvalue weighted by molar-refractivity contribution is -0.123. The normalized spacial score (nSPS) is 16.0. The van der Waals surface area contributed by atoms with Gasteiger partial charge in [-0.3, -0.25) is 9.69 Å². The van der Waals surface area contributed by atoms with Gasteiger partial charge in [0.05, 0.1) is 0 Å². The fourth-order valence-electron chi connectivity index (χ4n) is 3.28. The lowest BCUT2D eigenvalue weighted by Crippen LogP contribution is -2.41. The molecule has 0 aromatic heterocycles. The van der Waals surface area contributed by atoms with Gasteiger partial charge in [-0.15, -0.1) is 0 Å². The van der Waals surface area contributed by atoms with E-state index in [2.05, 4.69) is 4.90 Å². The molecule has 1 fully saturated rings. The van der Waals surface area contributed by atoms with Crippen molar-refractivity contribution in [3.05, 3.63) is 64.9 Å². The van der Waals surface area contributed by atoms with Gasteiger partial charge in [0.1, 0.15) is 5.82 Å². The minimum atomic E-state index is -0.269. The van der Waals surface area contributed by atoms with E-state index < -0.39 is 0 Å². The van der Waals surface area contributed by atoms with Gasteiger partial charge in [0.25, 0.3) is 0 Å². The molecule has 25 heavy (non-hydrogen) atoms. The molecule has 0 aliphatic carbocycles. The van der Waals surface area contributed by atoms with Crippen LogP contribution in [0.4, 0.5) is 10.1 Å². The molecule has 1 heterocycles. The van der Waals surface area contributed by atoms with E-state index in [1.54, 1.807) is 17.0 Å². The topological polar surface area (TPSA) is 23.6 Å². The Morgan fingerprint density at radius 2 is 1.88 bits per heavy atom. The van der Waals surface area contributed by atoms with E-state index in [1.165, 1.54) is 6.07 Å². The number of anilines is 1. The van der Waals surface area contributed by atoms with Crippen LogP contribution in [0.5, 0.6) is 0 Å². The Morgan fingerprint density at radius 1 is 1.20 bits per heavy atom. The van der Waals surface area contributed by atoms with Crippen LogP contribution in [0.1, 0.15) is 18.4 Å². The highest BCUT2D eigenvalue weighted by atomic mass is 35.5. The van der Waals surface area contributed by atoms with E-state index >= 15 is 0 Å². The van der Waals surface area contributed by atoms with Gasteiger partial charge in [-0.25, -0.2) is 4.39 Å². The number of hydrogen-bond acceptors (Lipinski definition) is 2. The van der Waals surface area contributed by atoms with Gasteiger partial charge in [0.2, 0.25) is 5.91 Å². The van der Waals surface area contributed by atoms with Crippen LogP contribution in [0.2, 0.25) is 5.02 Å². The van der Waals surface area contributed by atoms with Crippen molar-refractivity contribution < 1.29 is 9.18 Å². The van der Waals surface area contributed by atoms with Gasteiger partial charge in [0, 0.05) is 35.8 Å². The molecule has 0 saturated carbocycles. The smallest absolute Gasteiger partial charge is 0.229 e. The van der Waals surface area contributed by atoms with Gasteiger partial charge in [0.15, 0.2) is 0 Å². The van der Waals surface area contributed by atoms with E-state index in [0.717, 1.165) is 31.6 Å². The van der Waals surface area contributed by atoms with Gasteiger partial charge in [-0.05, 0) is 50.2 Å². The lowest BCUT2D eigenvalue weighted by atomic mass is 9.95. The second-order valence-corrected chi connectivity index (χ2v) is 6.96. The number of carbonyl (C=O) groups excluding carboxylic acids is 1. The predicted octanol–water partition coefficient (Wildman–Crippen LogP) is 4.35. The maximum Gasteiger partial charge on any atom is 0.229 e. The Hall–Kier alpha value is -1.91. The predicted molar refractivity (Wildman–Crippen MR) is 99.3 cm³/mol. The molecule has 5 heteroatoms. The molecule has 0 N–H and O–H groups in total. The molecular formula is C20H22ClFN2O. The van der Waals surface area contributed by atoms with Crippen molar-refractivity contribution in [3.63, 3.8) is 0 Å². The molecule has 2 aromatic rings. The average molecular weight is 361 g/mol. The molecule has 0 spiro atoms. The second-order valence-electron chi connectivity index (χ2n) is 6.52. The van der Waals surface area contributed by atoms with Gasteiger partial charge >= 0.3 is 0 Å². The zero-order chi connectivity index (χ0) is 17.8. The van der Waals surface area contributed by atoms with Crippen molar-refractivity contribution in [2.45, 2.75) is 19.4 Å². The van der Waals surface area contributed by atoms with Crippen molar-refractivity contribution in [1.82, 2.24) is 4.90 Å². The zero-order valence-electron chi connectivity index (χ0n) is 14.3. The summed E-state index contributed by atoms with van der Waals surface area (Å²) in [7, 11) is 1.83. The summed E-state index contributed by atoms with van der Waals surface area (Å²) in [6.45, 7) is 2.14. The minimum absolute atomic E-state index is 0.0246. The van der Waals surface area contributed by atoms with Crippen molar-refractivity contribution in [2.24, 2.45) is 5.92 Å². The zero-order valence-corrected chi connectivity index (χ0v) is 15.0. The summed E-state index contributed by atoms with van der Waals surface area (Å²) in [6.07, 6.45) is 1.59. The summed E-state index contributed by atoms with van der Waals surface area (Å²) in [6, 6.07) is 14.5. The molecular weight excluding hydrogens is 339 g/mol. The Balaban J connectivity index is 1.55. The van der Waals surface area contributed by atoms with Crippen molar-refractivity contribution in [2.75, 3.05) is 25.0 Å². The number of likely N-dealkylation sites (tertiary alicyclic amines) is 1. The molecule has 2 aromatic carbocycles. The molecule has 0 unspecified atom stereocenters. The minimum Gasteiger partial charge on any atom is -0.315 e. The van der Waals surface area contributed by atoms with E-state index in [-0.39, 0.29) is 17.6 Å². The van der Waals surface area contributed by atoms with Crippen LogP contribution in [0, 0.1) is 11.7 Å². The quantitative estimate of drug-likeness (QED) is 0.809. The van der Waals surface area contributed by atoms with E-state index in [4.69, 9.17) is 11.6 Å². The van der Waals surface area contributed by atoms with E-state index in [1.807, 2.05) is 37.4 Å². The third kappa shape index (κ3) is 4.39.